The summed E-state index contributed by atoms with van der Waals surface area (Å²) < 4.78 is 22.4. The molecule has 44 heavy (non-hydrogen) atoms. The predicted octanol–water partition coefficient (Wildman–Crippen LogP) is 7.67. The molecule has 9 heteroatoms. The number of carbonyl (C=O) groups excluding carboxylic acids is 1. The number of halogens is 1. The molecule has 0 saturated heterocycles. The Hall–Kier alpha value is -3.82. The van der Waals surface area contributed by atoms with Crippen molar-refractivity contribution < 1.29 is 18.7 Å². The topological polar surface area (TPSA) is 80.5 Å². The number of rotatable bonds is 11. The SMILES string of the molecule is CC(C)c1ccc(COc2ccc(-c3c(-c4ccncc4)nn4c3C(=O)N(CCCC(C)(C)[Si](C)(C)O)CC4)cc2)c(F)c1. The van der Waals surface area contributed by atoms with Crippen molar-refractivity contribution >= 4 is 14.2 Å². The average molecular weight is 615 g/mol. The zero-order valence-corrected chi connectivity index (χ0v) is 27.6. The lowest BCUT2D eigenvalue weighted by Gasteiger charge is -2.36. The van der Waals surface area contributed by atoms with Gasteiger partial charge in [0.25, 0.3) is 5.91 Å². The molecule has 2 aromatic heterocycles. The summed E-state index contributed by atoms with van der Waals surface area (Å²) in [6.07, 6.45) is 5.13. The molecule has 0 unspecified atom stereocenters. The Morgan fingerprint density at radius 1 is 1.02 bits per heavy atom. The second kappa shape index (κ2) is 12.7. The maximum Gasteiger partial charge on any atom is 0.272 e. The number of amides is 1. The van der Waals surface area contributed by atoms with Gasteiger partial charge in [-0.15, -0.1) is 0 Å². The fourth-order valence-electron chi connectivity index (χ4n) is 5.44. The van der Waals surface area contributed by atoms with Crippen LogP contribution in [0.4, 0.5) is 4.39 Å². The van der Waals surface area contributed by atoms with Crippen molar-refractivity contribution in [1.29, 1.82) is 0 Å². The highest BCUT2D eigenvalue weighted by Gasteiger charge is 2.38. The number of pyridine rings is 1. The van der Waals surface area contributed by atoms with E-state index in [-0.39, 0.29) is 29.3 Å². The van der Waals surface area contributed by atoms with E-state index >= 15 is 0 Å². The van der Waals surface area contributed by atoms with Gasteiger partial charge in [0.15, 0.2) is 8.32 Å². The monoisotopic (exact) mass is 614 g/mol. The van der Waals surface area contributed by atoms with Crippen molar-refractivity contribution in [1.82, 2.24) is 19.7 Å². The van der Waals surface area contributed by atoms with Crippen LogP contribution in [0.2, 0.25) is 18.1 Å². The molecule has 0 spiro atoms. The highest BCUT2D eigenvalue weighted by atomic mass is 28.4. The van der Waals surface area contributed by atoms with Crippen molar-refractivity contribution in [2.45, 2.75) is 77.7 Å². The van der Waals surface area contributed by atoms with Crippen molar-refractivity contribution in [3.8, 4) is 28.1 Å². The van der Waals surface area contributed by atoms with Gasteiger partial charge < -0.3 is 14.4 Å². The molecule has 1 amide bonds. The van der Waals surface area contributed by atoms with Gasteiger partial charge in [0.05, 0.1) is 6.54 Å². The first kappa shape index (κ1) is 31.6. The lowest BCUT2D eigenvalue weighted by atomic mass is 9.98. The van der Waals surface area contributed by atoms with Crippen LogP contribution < -0.4 is 4.74 Å². The number of hydrogen-bond acceptors (Lipinski definition) is 5. The molecule has 0 saturated carbocycles. The van der Waals surface area contributed by atoms with Crippen LogP contribution in [-0.4, -0.2) is 51.8 Å². The van der Waals surface area contributed by atoms with Gasteiger partial charge in [-0.3, -0.25) is 14.5 Å². The number of carbonyl (C=O) groups is 1. The molecule has 1 aliphatic rings. The highest BCUT2D eigenvalue weighted by molar-refractivity contribution is 6.72. The Kier molecular flexibility index (Phi) is 9.09. The predicted molar refractivity (Wildman–Crippen MR) is 175 cm³/mol. The van der Waals surface area contributed by atoms with E-state index in [4.69, 9.17) is 9.84 Å². The van der Waals surface area contributed by atoms with Gasteiger partial charge >= 0.3 is 0 Å². The summed E-state index contributed by atoms with van der Waals surface area (Å²) in [6, 6.07) is 16.7. The van der Waals surface area contributed by atoms with Crippen molar-refractivity contribution in [3.63, 3.8) is 0 Å². The van der Waals surface area contributed by atoms with Crippen LogP contribution in [0.1, 0.15) is 68.1 Å². The van der Waals surface area contributed by atoms with Gasteiger partial charge in [0.2, 0.25) is 0 Å². The zero-order valence-electron chi connectivity index (χ0n) is 26.6. The molecule has 0 atom stereocenters. The van der Waals surface area contributed by atoms with Gasteiger partial charge in [0, 0.05) is 42.2 Å². The second-order valence-corrected chi connectivity index (χ2v) is 17.7. The Morgan fingerprint density at radius 2 is 1.73 bits per heavy atom. The smallest absolute Gasteiger partial charge is 0.272 e. The highest BCUT2D eigenvalue weighted by Crippen LogP contribution is 2.40. The number of ether oxygens (including phenoxy) is 1. The van der Waals surface area contributed by atoms with E-state index < -0.39 is 8.32 Å². The third kappa shape index (κ3) is 6.64. The Labute approximate surface area is 260 Å². The van der Waals surface area contributed by atoms with Gasteiger partial charge in [-0.2, -0.15) is 5.10 Å². The van der Waals surface area contributed by atoms with Gasteiger partial charge in [-0.1, -0.05) is 52.0 Å². The molecule has 5 rings (SSSR count). The third-order valence-electron chi connectivity index (χ3n) is 9.14. The van der Waals surface area contributed by atoms with Crippen molar-refractivity contribution in [3.05, 3.63) is 89.6 Å². The van der Waals surface area contributed by atoms with Crippen molar-refractivity contribution in [2.75, 3.05) is 13.1 Å². The molecule has 1 N–H and O–H groups in total. The molecular formula is C35H43FN4O3Si. The minimum absolute atomic E-state index is 0.0435. The minimum atomic E-state index is -2.32. The summed E-state index contributed by atoms with van der Waals surface area (Å²) in [4.78, 5) is 30.8. The molecule has 232 valence electrons. The zero-order chi connectivity index (χ0) is 31.6. The number of hydrogen-bond donors (Lipinski definition) is 1. The van der Waals surface area contributed by atoms with E-state index in [9.17, 15) is 14.0 Å². The average Bonchev–Trinajstić information content (AvgIpc) is 3.38. The Morgan fingerprint density at radius 3 is 2.36 bits per heavy atom. The maximum atomic E-state index is 14.6. The van der Waals surface area contributed by atoms with E-state index in [1.807, 2.05) is 79.0 Å². The first-order valence-corrected chi connectivity index (χ1v) is 18.3. The van der Waals surface area contributed by atoms with Crippen LogP contribution in [0.5, 0.6) is 5.75 Å². The Balaban J connectivity index is 1.39. The quantitative estimate of drug-likeness (QED) is 0.175. The lowest BCUT2D eigenvalue weighted by molar-refractivity contribution is 0.0694. The summed E-state index contributed by atoms with van der Waals surface area (Å²) in [5.41, 5.74) is 5.27. The first-order valence-electron chi connectivity index (χ1n) is 15.4. The summed E-state index contributed by atoms with van der Waals surface area (Å²) in [5, 5.41) is 4.76. The van der Waals surface area contributed by atoms with Gasteiger partial charge in [-0.05, 0) is 78.4 Å². The fraction of sp³-hybridized carbons (Fsp3) is 0.400. The summed E-state index contributed by atoms with van der Waals surface area (Å²) in [7, 11) is -2.32. The molecule has 3 heterocycles. The number of nitrogens with zero attached hydrogens (tertiary/aromatic N) is 4. The summed E-state index contributed by atoms with van der Waals surface area (Å²) >= 11 is 0. The number of benzene rings is 2. The Bertz CT molecular complexity index is 1610. The molecule has 1 aliphatic heterocycles. The number of fused-ring (bicyclic) bond motifs is 1. The summed E-state index contributed by atoms with van der Waals surface area (Å²) in [5.74, 6) is 0.552. The van der Waals surface area contributed by atoms with E-state index in [1.165, 1.54) is 0 Å². The molecule has 0 bridgehead atoms. The normalized spacial score (nSPS) is 13.8. The fourth-order valence-corrected chi connectivity index (χ4v) is 6.23. The van der Waals surface area contributed by atoms with Gasteiger partial charge in [-0.25, -0.2) is 4.39 Å². The van der Waals surface area contributed by atoms with Crippen LogP contribution in [0, 0.1) is 5.82 Å². The van der Waals surface area contributed by atoms with Crippen LogP contribution >= 0.6 is 0 Å². The molecular weight excluding hydrogens is 571 g/mol. The molecule has 0 fully saturated rings. The molecule has 7 nitrogen and oxygen atoms in total. The second-order valence-electron chi connectivity index (χ2n) is 13.2. The molecule has 0 radical (unpaired) electrons. The first-order chi connectivity index (χ1) is 20.9. The molecule has 0 aliphatic carbocycles. The summed E-state index contributed by atoms with van der Waals surface area (Å²) in [6.45, 7) is 14.2. The van der Waals surface area contributed by atoms with E-state index in [0.717, 1.165) is 40.8 Å². The van der Waals surface area contributed by atoms with E-state index in [2.05, 4.69) is 18.8 Å². The maximum absolute atomic E-state index is 14.6. The molecule has 2 aromatic carbocycles. The van der Waals surface area contributed by atoms with Gasteiger partial charge in [0.1, 0.15) is 29.6 Å². The minimum Gasteiger partial charge on any atom is -0.489 e. The van der Waals surface area contributed by atoms with E-state index in [1.54, 1.807) is 24.5 Å². The van der Waals surface area contributed by atoms with Crippen LogP contribution in [0.25, 0.3) is 22.4 Å². The number of aromatic nitrogens is 3. The van der Waals surface area contributed by atoms with E-state index in [0.29, 0.717) is 36.6 Å². The van der Waals surface area contributed by atoms with Crippen LogP contribution in [0.15, 0.2) is 67.0 Å². The lowest BCUT2D eigenvalue weighted by Crippen LogP contribution is -2.42. The molecule has 4 aromatic rings. The van der Waals surface area contributed by atoms with Crippen LogP contribution in [-0.2, 0) is 13.2 Å². The largest absolute Gasteiger partial charge is 0.489 e. The van der Waals surface area contributed by atoms with Crippen LogP contribution in [0.3, 0.4) is 0 Å². The third-order valence-corrected chi connectivity index (χ3v) is 12.7. The standard InChI is InChI=1S/C35H43FN4O3Si/c1-24(2)27-8-9-28(30(36)22-27)23-43-29-12-10-25(11-13-29)31-32(26-14-17-37-18-15-26)38-40-21-20-39(34(41)33(31)40)19-7-16-35(3,4)44(5,6)42/h8-15,17-18,22,24,42H,7,16,19-21,23H2,1-6H3. The van der Waals surface area contributed by atoms with Crippen molar-refractivity contribution in [2.24, 2.45) is 0 Å².